The Labute approximate surface area is 115 Å². The van der Waals surface area contributed by atoms with E-state index in [9.17, 15) is 9.59 Å². The fourth-order valence-electron chi connectivity index (χ4n) is 2.16. The van der Waals surface area contributed by atoms with Crippen LogP contribution in [0.1, 0.15) is 20.1 Å². The van der Waals surface area contributed by atoms with Gasteiger partial charge in [-0.15, -0.1) is 11.3 Å². The fourth-order valence-corrected chi connectivity index (χ4v) is 3.18. The molecule has 104 valence electrons. The van der Waals surface area contributed by atoms with Crippen molar-refractivity contribution < 1.29 is 19.4 Å². The molecule has 2 unspecified atom stereocenters. The van der Waals surface area contributed by atoms with Crippen LogP contribution in [0.2, 0.25) is 0 Å². The summed E-state index contributed by atoms with van der Waals surface area (Å²) in [6.45, 7) is 4.37. The van der Waals surface area contributed by atoms with Gasteiger partial charge in [0.15, 0.2) is 0 Å². The number of rotatable bonds is 3. The maximum atomic E-state index is 12.4. The molecule has 1 aromatic rings. The van der Waals surface area contributed by atoms with Crippen LogP contribution in [-0.4, -0.2) is 48.2 Å². The summed E-state index contributed by atoms with van der Waals surface area (Å²) in [5, 5.41) is 9.12. The van der Waals surface area contributed by atoms with Crippen molar-refractivity contribution >= 4 is 23.2 Å². The number of carboxylic acid groups (broad SMARTS) is 1. The lowest BCUT2D eigenvalue weighted by Crippen LogP contribution is -2.43. The molecule has 2 atom stereocenters. The van der Waals surface area contributed by atoms with Crippen LogP contribution in [0.15, 0.2) is 6.07 Å². The third-order valence-corrected chi connectivity index (χ3v) is 4.70. The number of carbonyl (C=O) groups excluding carboxylic acids is 1. The molecule has 1 aromatic heterocycles. The third kappa shape index (κ3) is 2.64. The molecule has 0 aliphatic carbocycles. The summed E-state index contributed by atoms with van der Waals surface area (Å²) >= 11 is 1.44. The Balaban J connectivity index is 2.17. The van der Waals surface area contributed by atoms with E-state index in [0.717, 1.165) is 10.4 Å². The van der Waals surface area contributed by atoms with Crippen LogP contribution in [0.5, 0.6) is 0 Å². The van der Waals surface area contributed by atoms with Crippen LogP contribution in [-0.2, 0) is 9.53 Å². The zero-order valence-corrected chi connectivity index (χ0v) is 12.0. The molecule has 1 N–H and O–H groups in total. The highest BCUT2D eigenvalue weighted by Gasteiger charge is 2.38. The lowest BCUT2D eigenvalue weighted by atomic mass is 10.0. The Bertz CT molecular complexity index is 491. The molecule has 6 heteroatoms. The van der Waals surface area contributed by atoms with Gasteiger partial charge < -0.3 is 14.7 Å². The number of thiophene rings is 1. The quantitative estimate of drug-likeness (QED) is 0.913. The summed E-state index contributed by atoms with van der Waals surface area (Å²) in [5.74, 6) is -1.69. The normalized spacial score (nSPS) is 22.5. The summed E-state index contributed by atoms with van der Waals surface area (Å²) in [4.78, 5) is 26.7. The van der Waals surface area contributed by atoms with Crippen LogP contribution in [0.25, 0.3) is 0 Å². The van der Waals surface area contributed by atoms with Gasteiger partial charge in [0.25, 0.3) is 5.91 Å². The molecule has 1 amide bonds. The molecule has 1 saturated heterocycles. The van der Waals surface area contributed by atoms with Gasteiger partial charge in [0, 0.05) is 11.9 Å². The van der Waals surface area contributed by atoms with Gasteiger partial charge in [0.1, 0.15) is 5.92 Å². The van der Waals surface area contributed by atoms with Crippen molar-refractivity contribution in [3.05, 3.63) is 21.4 Å². The summed E-state index contributed by atoms with van der Waals surface area (Å²) in [6, 6.07) is 1.46. The van der Waals surface area contributed by atoms with E-state index in [0.29, 0.717) is 4.88 Å². The summed E-state index contributed by atoms with van der Waals surface area (Å²) in [5.41, 5.74) is 1.08. The number of aliphatic carboxylic acids is 1. The van der Waals surface area contributed by atoms with Crippen molar-refractivity contribution in [2.24, 2.45) is 5.92 Å². The van der Waals surface area contributed by atoms with Crippen molar-refractivity contribution in [3.8, 4) is 0 Å². The second-order valence-corrected chi connectivity index (χ2v) is 6.07. The Morgan fingerprint density at radius 1 is 1.42 bits per heavy atom. The number of amides is 1. The molecule has 5 nitrogen and oxygen atoms in total. The molecule has 19 heavy (non-hydrogen) atoms. The van der Waals surface area contributed by atoms with Crippen molar-refractivity contribution in [1.82, 2.24) is 4.90 Å². The Morgan fingerprint density at radius 3 is 2.63 bits per heavy atom. The molecule has 0 bridgehead atoms. The molecule has 1 aliphatic heterocycles. The van der Waals surface area contributed by atoms with E-state index in [-0.39, 0.29) is 19.1 Å². The number of aryl methyl sites for hydroxylation is 2. The van der Waals surface area contributed by atoms with Gasteiger partial charge in [0.05, 0.1) is 24.1 Å². The zero-order valence-electron chi connectivity index (χ0n) is 11.2. The summed E-state index contributed by atoms with van der Waals surface area (Å²) < 4.78 is 5.20. The van der Waals surface area contributed by atoms with Crippen molar-refractivity contribution in [2.75, 3.05) is 20.3 Å². The molecule has 2 heterocycles. The van der Waals surface area contributed by atoms with Gasteiger partial charge in [-0.25, -0.2) is 0 Å². The van der Waals surface area contributed by atoms with Crippen LogP contribution in [0.4, 0.5) is 0 Å². The van der Waals surface area contributed by atoms with Crippen LogP contribution >= 0.6 is 11.3 Å². The molecular weight excluding hydrogens is 266 g/mol. The Hall–Kier alpha value is -1.40. The van der Waals surface area contributed by atoms with Crippen molar-refractivity contribution in [3.63, 3.8) is 0 Å². The number of ether oxygens (including phenoxy) is 1. The van der Waals surface area contributed by atoms with Gasteiger partial charge in [-0.2, -0.15) is 0 Å². The largest absolute Gasteiger partial charge is 0.481 e. The number of nitrogens with zero attached hydrogens (tertiary/aromatic N) is 1. The van der Waals surface area contributed by atoms with E-state index < -0.39 is 17.9 Å². The minimum Gasteiger partial charge on any atom is -0.481 e. The second kappa shape index (κ2) is 5.30. The first-order valence-electron chi connectivity index (χ1n) is 6.06. The van der Waals surface area contributed by atoms with E-state index in [1.807, 2.05) is 19.9 Å². The van der Waals surface area contributed by atoms with Crippen LogP contribution in [0.3, 0.4) is 0 Å². The van der Waals surface area contributed by atoms with Gasteiger partial charge in [-0.05, 0) is 25.5 Å². The average Bonchev–Trinajstić information content (AvgIpc) is 2.95. The third-order valence-electron chi connectivity index (χ3n) is 3.56. The minimum atomic E-state index is -0.916. The van der Waals surface area contributed by atoms with Crippen LogP contribution < -0.4 is 0 Å². The maximum absolute atomic E-state index is 12.4. The first kappa shape index (κ1) is 14.0. The number of carboxylic acids is 1. The molecule has 0 radical (unpaired) electrons. The monoisotopic (exact) mass is 283 g/mol. The molecule has 0 spiro atoms. The van der Waals surface area contributed by atoms with E-state index >= 15 is 0 Å². The van der Waals surface area contributed by atoms with E-state index in [1.54, 1.807) is 7.05 Å². The predicted octanol–water partition coefficient (Wildman–Crippen LogP) is 1.54. The Morgan fingerprint density at radius 2 is 2.11 bits per heavy atom. The van der Waals surface area contributed by atoms with Gasteiger partial charge in [-0.3, -0.25) is 9.59 Å². The van der Waals surface area contributed by atoms with Crippen molar-refractivity contribution in [2.45, 2.75) is 19.9 Å². The SMILES string of the molecule is Cc1cc(C(=O)N(C)C2COCC2C(=O)O)sc1C. The maximum Gasteiger partial charge on any atom is 0.311 e. The highest BCUT2D eigenvalue weighted by Crippen LogP contribution is 2.25. The number of hydrogen-bond acceptors (Lipinski definition) is 4. The molecular formula is C13H17NO4S. The molecule has 0 saturated carbocycles. The zero-order chi connectivity index (χ0) is 14.2. The first-order valence-corrected chi connectivity index (χ1v) is 6.88. The van der Waals surface area contributed by atoms with E-state index in [1.165, 1.54) is 16.2 Å². The first-order chi connectivity index (χ1) is 8.91. The topological polar surface area (TPSA) is 66.8 Å². The molecule has 1 fully saturated rings. The van der Waals surface area contributed by atoms with Gasteiger partial charge in [-0.1, -0.05) is 0 Å². The molecule has 1 aliphatic rings. The van der Waals surface area contributed by atoms with E-state index in [4.69, 9.17) is 9.84 Å². The molecule has 0 aromatic carbocycles. The number of hydrogen-bond donors (Lipinski definition) is 1. The highest BCUT2D eigenvalue weighted by molar-refractivity contribution is 7.14. The number of carbonyl (C=O) groups is 2. The second-order valence-electron chi connectivity index (χ2n) is 4.82. The fraction of sp³-hybridized carbons (Fsp3) is 0.538. The number of likely N-dealkylation sites (N-methyl/N-ethyl adjacent to an activating group) is 1. The van der Waals surface area contributed by atoms with Gasteiger partial charge in [0.2, 0.25) is 0 Å². The smallest absolute Gasteiger partial charge is 0.311 e. The summed E-state index contributed by atoms with van der Waals surface area (Å²) in [6.07, 6.45) is 0. The minimum absolute atomic E-state index is 0.136. The lowest BCUT2D eigenvalue weighted by Gasteiger charge is -2.25. The predicted molar refractivity (Wildman–Crippen MR) is 71.6 cm³/mol. The molecule has 2 rings (SSSR count). The summed E-state index contributed by atoms with van der Waals surface area (Å²) in [7, 11) is 1.64. The average molecular weight is 283 g/mol. The Kier molecular flexibility index (Phi) is 3.91. The standard InChI is InChI=1S/C13H17NO4S/c1-7-4-11(19-8(7)2)12(15)14(3)10-6-18-5-9(10)13(16)17/h4,9-10H,5-6H2,1-3H3,(H,16,17). The van der Waals surface area contributed by atoms with Gasteiger partial charge >= 0.3 is 5.97 Å². The van der Waals surface area contributed by atoms with Crippen LogP contribution in [0, 0.1) is 19.8 Å². The van der Waals surface area contributed by atoms with Crippen molar-refractivity contribution in [1.29, 1.82) is 0 Å². The lowest BCUT2D eigenvalue weighted by molar-refractivity contribution is -0.142. The van der Waals surface area contributed by atoms with E-state index in [2.05, 4.69) is 0 Å². The highest BCUT2D eigenvalue weighted by atomic mass is 32.1.